The fourth-order valence-corrected chi connectivity index (χ4v) is 3.75. The summed E-state index contributed by atoms with van der Waals surface area (Å²) in [7, 11) is 0. The van der Waals surface area contributed by atoms with Crippen molar-refractivity contribution in [3.63, 3.8) is 0 Å². The Hall–Kier alpha value is -4.33. The highest BCUT2D eigenvalue weighted by Gasteiger charge is 2.51. The molecule has 0 amide bonds. The molecule has 190 valence electrons. The standard InChI is InChI=1S/C23H20O13/c1-8(24)33-21-17(30)16(29)20(22(31)32)36-23(21)35-19-15(28)14-12(27)6-11(26)7-13(14)34-18(19)9-2-4-10(25)5-3-9/h2-7,16-17,20-21,23,25-27,29-30H,1H3,(H,31,32). The normalized spacial score (nSPS) is 23.8. The number of aliphatic hydroxyl groups excluding tert-OH is 2. The van der Waals surface area contributed by atoms with Crippen LogP contribution < -0.4 is 10.2 Å². The number of aliphatic carboxylic acids is 1. The molecule has 1 aromatic heterocycles. The van der Waals surface area contributed by atoms with Crippen LogP contribution in [0.4, 0.5) is 0 Å². The maximum atomic E-state index is 13.4. The zero-order chi connectivity index (χ0) is 26.3. The van der Waals surface area contributed by atoms with E-state index in [1.807, 2.05) is 0 Å². The van der Waals surface area contributed by atoms with Gasteiger partial charge in [-0.25, -0.2) is 4.79 Å². The Morgan fingerprint density at radius 3 is 2.25 bits per heavy atom. The second-order valence-electron chi connectivity index (χ2n) is 7.91. The molecule has 4 rings (SSSR count). The molecule has 0 aliphatic carbocycles. The first-order valence-electron chi connectivity index (χ1n) is 10.4. The van der Waals surface area contributed by atoms with E-state index in [1.165, 1.54) is 24.3 Å². The van der Waals surface area contributed by atoms with E-state index in [0.29, 0.717) is 0 Å². The number of aromatic hydroxyl groups is 3. The topological polar surface area (TPSA) is 213 Å². The molecule has 0 saturated carbocycles. The number of phenols is 3. The molecule has 13 nitrogen and oxygen atoms in total. The van der Waals surface area contributed by atoms with Gasteiger partial charge >= 0.3 is 11.9 Å². The molecule has 13 heteroatoms. The van der Waals surface area contributed by atoms with Gasteiger partial charge in [0.1, 0.15) is 40.4 Å². The number of hydrogen-bond donors (Lipinski definition) is 6. The first-order valence-corrected chi connectivity index (χ1v) is 10.4. The smallest absolute Gasteiger partial charge is 0.335 e. The number of hydrogen-bond acceptors (Lipinski definition) is 12. The summed E-state index contributed by atoms with van der Waals surface area (Å²) in [5.41, 5.74) is -1.07. The van der Waals surface area contributed by atoms with Gasteiger partial charge in [0, 0.05) is 24.6 Å². The third kappa shape index (κ3) is 4.49. The molecule has 3 aromatic rings. The van der Waals surface area contributed by atoms with Crippen LogP contribution in [0, 0.1) is 0 Å². The van der Waals surface area contributed by atoms with Crippen LogP contribution in [-0.2, 0) is 19.1 Å². The van der Waals surface area contributed by atoms with Crippen LogP contribution in [0.5, 0.6) is 23.0 Å². The zero-order valence-corrected chi connectivity index (χ0v) is 18.4. The number of carbonyl (C=O) groups is 2. The first-order chi connectivity index (χ1) is 17.0. The Morgan fingerprint density at radius 1 is 0.972 bits per heavy atom. The van der Waals surface area contributed by atoms with Gasteiger partial charge in [0.05, 0.1) is 0 Å². The summed E-state index contributed by atoms with van der Waals surface area (Å²) in [6, 6.07) is 7.16. The molecule has 0 radical (unpaired) electrons. The Labute approximate surface area is 200 Å². The van der Waals surface area contributed by atoms with Crippen molar-refractivity contribution in [1.82, 2.24) is 0 Å². The van der Waals surface area contributed by atoms with Gasteiger partial charge in [-0.3, -0.25) is 9.59 Å². The van der Waals surface area contributed by atoms with Crippen LogP contribution in [0.25, 0.3) is 22.3 Å². The predicted octanol–water partition coefficient (Wildman–Crippen LogP) is 0.419. The molecule has 1 fully saturated rings. The molecule has 1 saturated heterocycles. The van der Waals surface area contributed by atoms with Gasteiger partial charge in [-0.05, 0) is 24.3 Å². The molecule has 0 bridgehead atoms. The van der Waals surface area contributed by atoms with Crippen LogP contribution in [0.3, 0.4) is 0 Å². The summed E-state index contributed by atoms with van der Waals surface area (Å²) in [6.45, 7) is 0.982. The number of phenolic OH excluding ortho intramolecular Hbond substituents is 3. The number of fused-ring (bicyclic) bond motifs is 1. The lowest BCUT2D eigenvalue weighted by molar-refractivity contribution is -0.275. The summed E-state index contributed by atoms with van der Waals surface area (Å²) >= 11 is 0. The van der Waals surface area contributed by atoms with E-state index in [9.17, 15) is 45.0 Å². The molecular formula is C23H20O13. The van der Waals surface area contributed by atoms with Crippen LogP contribution in [0.2, 0.25) is 0 Å². The fourth-order valence-electron chi connectivity index (χ4n) is 3.75. The number of benzene rings is 2. The van der Waals surface area contributed by atoms with Gasteiger partial charge in [0.2, 0.25) is 17.5 Å². The Morgan fingerprint density at radius 2 is 1.64 bits per heavy atom. The highest BCUT2D eigenvalue weighted by atomic mass is 16.7. The maximum Gasteiger partial charge on any atom is 0.335 e. The minimum absolute atomic E-state index is 0.119. The van der Waals surface area contributed by atoms with Gasteiger partial charge in [-0.2, -0.15) is 0 Å². The van der Waals surface area contributed by atoms with Crippen molar-refractivity contribution in [2.24, 2.45) is 0 Å². The minimum Gasteiger partial charge on any atom is -0.508 e. The molecule has 2 aromatic carbocycles. The minimum atomic E-state index is -2.02. The predicted molar refractivity (Wildman–Crippen MR) is 117 cm³/mol. The molecule has 36 heavy (non-hydrogen) atoms. The summed E-state index contributed by atoms with van der Waals surface area (Å²) in [5, 5.41) is 59.2. The summed E-state index contributed by atoms with van der Waals surface area (Å²) < 4.78 is 21.6. The number of aliphatic hydroxyl groups is 2. The Bertz CT molecular complexity index is 1380. The molecule has 1 aliphatic rings. The van der Waals surface area contributed by atoms with Crippen LogP contribution in [0.1, 0.15) is 6.92 Å². The molecule has 6 N–H and O–H groups in total. The highest BCUT2D eigenvalue weighted by molar-refractivity contribution is 5.88. The Kier molecular flexibility index (Phi) is 6.45. The van der Waals surface area contributed by atoms with Gasteiger partial charge in [-0.1, -0.05) is 0 Å². The van der Waals surface area contributed by atoms with Crippen molar-refractivity contribution in [2.45, 2.75) is 37.6 Å². The van der Waals surface area contributed by atoms with Crippen molar-refractivity contribution in [3.8, 4) is 34.3 Å². The van der Waals surface area contributed by atoms with E-state index in [4.69, 9.17) is 18.6 Å². The molecule has 2 heterocycles. The van der Waals surface area contributed by atoms with Crippen LogP contribution >= 0.6 is 0 Å². The van der Waals surface area contributed by atoms with E-state index in [-0.39, 0.29) is 22.7 Å². The van der Waals surface area contributed by atoms with E-state index in [2.05, 4.69) is 0 Å². The average molecular weight is 504 g/mol. The largest absolute Gasteiger partial charge is 0.508 e. The molecule has 0 spiro atoms. The van der Waals surface area contributed by atoms with Crippen molar-refractivity contribution in [3.05, 3.63) is 46.6 Å². The van der Waals surface area contributed by atoms with Gasteiger partial charge in [0.25, 0.3) is 0 Å². The lowest BCUT2D eigenvalue weighted by atomic mass is 9.98. The number of carboxylic acid groups (broad SMARTS) is 1. The lowest BCUT2D eigenvalue weighted by Crippen LogP contribution is -2.62. The summed E-state index contributed by atoms with van der Waals surface area (Å²) in [6.07, 6.45) is -9.72. The van der Waals surface area contributed by atoms with E-state index in [0.717, 1.165) is 19.1 Å². The third-order valence-corrected chi connectivity index (χ3v) is 5.37. The number of carbonyl (C=O) groups excluding carboxylic acids is 1. The average Bonchev–Trinajstić information content (AvgIpc) is 2.79. The monoisotopic (exact) mass is 504 g/mol. The van der Waals surface area contributed by atoms with Gasteiger partial charge in [-0.15, -0.1) is 0 Å². The lowest BCUT2D eigenvalue weighted by Gasteiger charge is -2.40. The van der Waals surface area contributed by atoms with E-state index < -0.39 is 70.7 Å². The summed E-state index contributed by atoms with van der Waals surface area (Å²) in [5.74, 6) is -4.75. The van der Waals surface area contributed by atoms with Gasteiger partial charge < -0.3 is 49.3 Å². The van der Waals surface area contributed by atoms with Crippen molar-refractivity contribution in [1.29, 1.82) is 0 Å². The molecule has 1 aliphatic heterocycles. The van der Waals surface area contributed by atoms with Crippen LogP contribution in [-0.4, -0.2) is 73.3 Å². The Balaban J connectivity index is 1.91. The number of rotatable bonds is 5. The van der Waals surface area contributed by atoms with Gasteiger partial charge in [0.15, 0.2) is 18.0 Å². The van der Waals surface area contributed by atoms with Crippen molar-refractivity contribution >= 4 is 22.9 Å². The molecular weight excluding hydrogens is 484 g/mol. The maximum absolute atomic E-state index is 13.4. The quantitative estimate of drug-likeness (QED) is 0.260. The second kappa shape index (κ2) is 9.37. The van der Waals surface area contributed by atoms with E-state index in [1.54, 1.807) is 0 Å². The number of ether oxygens (including phenoxy) is 3. The SMILES string of the molecule is CC(=O)OC1C(Oc2c(-c3ccc(O)cc3)oc3cc(O)cc(O)c3c2=O)OC(C(=O)O)C(O)C1O. The van der Waals surface area contributed by atoms with Crippen molar-refractivity contribution < 1.29 is 58.9 Å². The third-order valence-electron chi connectivity index (χ3n) is 5.37. The number of esters is 1. The molecule has 5 unspecified atom stereocenters. The molecule has 5 atom stereocenters. The first kappa shape index (κ1) is 24.8. The second-order valence-corrected chi connectivity index (χ2v) is 7.91. The highest BCUT2D eigenvalue weighted by Crippen LogP contribution is 2.37. The fraction of sp³-hybridized carbons (Fsp3) is 0.261. The zero-order valence-electron chi connectivity index (χ0n) is 18.4. The van der Waals surface area contributed by atoms with E-state index >= 15 is 0 Å². The summed E-state index contributed by atoms with van der Waals surface area (Å²) in [4.78, 5) is 36.6. The van der Waals surface area contributed by atoms with Crippen molar-refractivity contribution in [2.75, 3.05) is 0 Å². The number of carboxylic acids is 1. The van der Waals surface area contributed by atoms with Crippen LogP contribution in [0.15, 0.2) is 45.6 Å².